The van der Waals surface area contributed by atoms with Crippen LogP contribution in [0.15, 0.2) is 71.7 Å². The van der Waals surface area contributed by atoms with Crippen LogP contribution in [0, 0.1) is 0 Å². The van der Waals surface area contributed by atoms with E-state index in [-0.39, 0.29) is 5.75 Å². The Hall–Kier alpha value is -3.14. The Morgan fingerprint density at radius 3 is 2.46 bits per heavy atom. The molecule has 120 valence electrons. The number of rotatable bonds is 5. The van der Waals surface area contributed by atoms with Gasteiger partial charge in [-0.1, -0.05) is 60.7 Å². The molecule has 0 aromatic heterocycles. The van der Waals surface area contributed by atoms with Gasteiger partial charge < -0.3 is 10.2 Å². The van der Waals surface area contributed by atoms with Gasteiger partial charge in [-0.3, -0.25) is 4.99 Å². The minimum atomic E-state index is -0.991. The smallest absolute Gasteiger partial charge is 0.328 e. The molecule has 0 unspecified atom stereocenters. The first-order valence-corrected chi connectivity index (χ1v) is 7.66. The summed E-state index contributed by atoms with van der Waals surface area (Å²) in [6, 6.07) is 19.5. The maximum Gasteiger partial charge on any atom is 0.328 e. The van der Waals surface area contributed by atoms with Crippen LogP contribution in [0.2, 0.25) is 0 Å². The number of carboxylic acids is 1. The second kappa shape index (κ2) is 6.96. The number of phenolic OH excluding ortho intramolecular Hbond substituents is 1. The third kappa shape index (κ3) is 3.43. The maximum atomic E-state index is 11.5. The summed E-state index contributed by atoms with van der Waals surface area (Å²) in [7, 11) is 0. The van der Waals surface area contributed by atoms with Crippen LogP contribution >= 0.6 is 0 Å². The van der Waals surface area contributed by atoms with Gasteiger partial charge in [0.1, 0.15) is 5.75 Å². The van der Waals surface area contributed by atoms with Crippen molar-refractivity contribution in [1.29, 1.82) is 0 Å². The molecule has 1 atom stereocenters. The van der Waals surface area contributed by atoms with Crippen LogP contribution in [0.25, 0.3) is 10.8 Å². The first-order valence-electron chi connectivity index (χ1n) is 7.66. The highest BCUT2D eigenvalue weighted by Gasteiger charge is 2.16. The second-order valence-electron chi connectivity index (χ2n) is 5.54. The molecule has 0 saturated carbocycles. The molecule has 0 spiro atoms. The van der Waals surface area contributed by atoms with Gasteiger partial charge in [0.2, 0.25) is 0 Å². The summed E-state index contributed by atoms with van der Waals surface area (Å²) in [5.41, 5.74) is 1.44. The molecule has 0 radical (unpaired) electrons. The number of aliphatic carboxylic acids is 1. The first-order chi connectivity index (χ1) is 11.6. The average Bonchev–Trinajstić information content (AvgIpc) is 2.60. The Labute approximate surface area is 139 Å². The Kier molecular flexibility index (Phi) is 4.57. The molecule has 0 aliphatic rings. The lowest BCUT2D eigenvalue weighted by Crippen LogP contribution is -2.20. The Bertz CT molecular complexity index is 888. The van der Waals surface area contributed by atoms with Gasteiger partial charge in [0.25, 0.3) is 0 Å². The van der Waals surface area contributed by atoms with E-state index in [2.05, 4.69) is 4.99 Å². The number of hydrogen-bond donors (Lipinski definition) is 2. The molecule has 0 heterocycles. The molecule has 3 aromatic rings. The Balaban J connectivity index is 1.93. The van der Waals surface area contributed by atoms with Crippen LogP contribution in [0.3, 0.4) is 0 Å². The van der Waals surface area contributed by atoms with E-state index in [9.17, 15) is 15.0 Å². The molecule has 0 aliphatic carbocycles. The minimum Gasteiger partial charge on any atom is -0.507 e. The summed E-state index contributed by atoms with van der Waals surface area (Å²) < 4.78 is 0. The van der Waals surface area contributed by atoms with E-state index < -0.39 is 12.0 Å². The summed E-state index contributed by atoms with van der Waals surface area (Å²) in [6.45, 7) is 0. The number of aromatic hydroxyl groups is 1. The van der Waals surface area contributed by atoms with Crippen molar-refractivity contribution in [3.63, 3.8) is 0 Å². The minimum absolute atomic E-state index is 0.0845. The number of hydrogen-bond acceptors (Lipinski definition) is 3. The van der Waals surface area contributed by atoms with Crippen molar-refractivity contribution in [3.8, 4) is 5.75 Å². The average molecular weight is 319 g/mol. The molecule has 0 aliphatic heterocycles. The lowest BCUT2D eigenvalue weighted by molar-refractivity contribution is -0.138. The van der Waals surface area contributed by atoms with E-state index in [1.54, 1.807) is 6.07 Å². The molecule has 3 aromatic carbocycles. The van der Waals surface area contributed by atoms with Crippen molar-refractivity contribution < 1.29 is 15.0 Å². The zero-order valence-electron chi connectivity index (χ0n) is 13.0. The molecule has 0 fully saturated rings. The number of benzene rings is 3. The maximum absolute atomic E-state index is 11.5. The predicted octanol–water partition coefficient (Wildman–Crippen LogP) is 3.66. The molecule has 4 nitrogen and oxygen atoms in total. The summed E-state index contributed by atoms with van der Waals surface area (Å²) in [5, 5.41) is 21.3. The summed E-state index contributed by atoms with van der Waals surface area (Å²) in [6.07, 6.45) is 1.76. The van der Waals surface area contributed by atoms with E-state index in [1.165, 1.54) is 6.21 Å². The van der Waals surface area contributed by atoms with E-state index in [0.717, 1.165) is 16.3 Å². The van der Waals surface area contributed by atoms with Crippen LogP contribution in [-0.4, -0.2) is 28.4 Å². The number of carbonyl (C=O) groups is 1. The van der Waals surface area contributed by atoms with Gasteiger partial charge in [-0.05, 0) is 22.4 Å². The highest BCUT2D eigenvalue weighted by Crippen LogP contribution is 2.25. The molecule has 0 amide bonds. The van der Waals surface area contributed by atoms with Crippen molar-refractivity contribution in [1.82, 2.24) is 0 Å². The zero-order valence-corrected chi connectivity index (χ0v) is 13.0. The summed E-state index contributed by atoms with van der Waals surface area (Å²) in [5.74, 6) is -0.906. The van der Waals surface area contributed by atoms with E-state index in [4.69, 9.17) is 0 Å². The summed E-state index contributed by atoms with van der Waals surface area (Å²) >= 11 is 0. The number of phenols is 1. The Morgan fingerprint density at radius 2 is 1.71 bits per heavy atom. The lowest BCUT2D eigenvalue weighted by atomic mass is 10.0. The molecule has 24 heavy (non-hydrogen) atoms. The largest absolute Gasteiger partial charge is 0.507 e. The monoisotopic (exact) mass is 319 g/mol. The van der Waals surface area contributed by atoms with Crippen LogP contribution in [0.1, 0.15) is 11.1 Å². The van der Waals surface area contributed by atoms with Crippen LogP contribution in [-0.2, 0) is 11.2 Å². The Morgan fingerprint density at radius 1 is 1.00 bits per heavy atom. The number of aliphatic imine (C=N–C) groups is 1. The van der Waals surface area contributed by atoms with Crippen molar-refractivity contribution in [3.05, 3.63) is 77.9 Å². The lowest BCUT2D eigenvalue weighted by Gasteiger charge is -2.09. The molecule has 2 N–H and O–H groups in total. The molecular weight excluding hydrogens is 302 g/mol. The van der Waals surface area contributed by atoms with Crippen molar-refractivity contribution in [2.75, 3.05) is 0 Å². The van der Waals surface area contributed by atoms with Crippen molar-refractivity contribution in [2.45, 2.75) is 12.5 Å². The SMILES string of the molecule is O=C(O)[C@@H](Cc1ccccc1)N=Cc1c(O)ccc2ccccc12. The third-order valence-electron chi connectivity index (χ3n) is 3.89. The fraction of sp³-hybridized carbons (Fsp3) is 0.100. The van der Waals surface area contributed by atoms with Gasteiger partial charge in [-0.2, -0.15) is 0 Å². The molecular formula is C20H17NO3. The highest BCUT2D eigenvalue weighted by molar-refractivity contribution is 6.02. The van der Waals surface area contributed by atoms with Gasteiger partial charge in [0.05, 0.1) is 0 Å². The van der Waals surface area contributed by atoms with Gasteiger partial charge in [0, 0.05) is 18.2 Å². The van der Waals surface area contributed by atoms with E-state index in [0.29, 0.717) is 12.0 Å². The van der Waals surface area contributed by atoms with Gasteiger partial charge in [-0.25, -0.2) is 4.79 Å². The normalized spacial score (nSPS) is 12.5. The van der Waals surface area contributed by atoms with E-state index in [1.807, 2.05) is 60.7 Å². The number of nitrogens with zero attached hydrogens (tertiary/aromatic N) is 1. The zero-order chi connectivity index (χ0) is 16.9. The van der Waals surface area contributed by atoms with Gasteiger partial charge in [0.15, 0.2) is 6.04 Å². The van der Waals surface area contributed by atoms with Gasteiger partial charge >= 0.3 is 5.97 Å². The van der Waals surface area contributed by atoms with E-state index >= 15 is 0 Å². The molecule has 0 saturated heterocycles. The molecule has 0 bridgehead atoms. The van der Waals surface area contributed by atoms with Crippen LogP contribution in [0.5, 0.6) is 5.75 Å². The standard InChI is InChI=1S/C20H17NO3/c22-19-11-10-15-8-4-5-9-16(15)17(19)13-21-18(20(23)24)12-14-6-2-1-3-7-14/h1-11,13,18,22H,12H2,(H,23,24)/t18-/m1/s1. The fourth-order valence-electron chi connectivity index (χ4n) is 2.63. The highest BCUT2D eigenvalue weighted by atomic mass is 16.4. The topological polar surface area (TPSA) is 69.9 Å². The van der Waals surface area contributed by atoms with Crippen molar-refractivity contribution in [2.24, 2.45) is 4.99 Å². The predicted molar refractivity (Wildman–Crippen MR) is 94.8 cm³/mol. The van der Waals surface area contributed by atoms with Crippen LogP contribution in [0.4, 0.5) is 0 Å². The number of carboxylic acid groups (broad SMARTS) is 1. The summed E-state index contributed by atoms with van der Waals surface area (Å²) in [4.78, 5) is 15.7. The second-order valence-corrected chi connectivity index (χ2v) is 5.54. The van der Waals surface area contributed by atoms with Crippen LogP contribution < -0.4 is 0 Å². The third-order valence-corrected chi connectivity index (χ3v) is 3.89. The quantitative estimate of drug-likeness (QED) is 0.705. The molecule has 3 rings (SSSR count). The molecule has 4 heteroatoms. The first kappa shape index (κ1) is 15.7. The fourth-order valence-corrected chi connectivity index (χ4v) is 2.63. The number of fused-ring (bicyclic) bond motifs is 1. The van der Waals surface area contributed by atoms with Gasteiger partial charge in [-0.15, -0.1) is 0 Å². The van der Waals surface area contributed by atoms with Crippen molar-refractivity contribution >= 4 is 23.0 Å².